The summed E-state index contributed by atoms with van der Waals surface area (Å²) in [6.45, 7) is 3.16. The Balaban J connectivity index is 1.81. The molecule has 2 aliphatic rings. The second-order valence-electron chi connectivity index (χ2n) is 5.44. The Morgan fingerprint density at radius 1 is 1.45 bits per heavy atom. The SMILES string of the molecule is CCOC(=O)N1CC[C@@]2(Cc3ccccc3NC2=O)C1. The smallest absolute Gasteiger partial charge is 0.409 e. The van der Waals surface area contributed by atoms with Gasteiger partial charge in [0.05, 0.1) is 12.0 Å². The molecule has 1 saturated heterocycles. The third kappa shape index (κ3) is 2.03. The van der Waals surface area contributed by atoms with Crippen molar-refractivity contribution in [2.45, 2.75) is 19.8 Å². The number of nitrogens with zero attached hydrogens (tertiary/aromatic N) is 1. The van der Waals surface area contributed by atoms with E-state index in [9.17, 15) is 9.59 Å². The molecule has 2 aliphatic heterocycles. The van der Waals surface area contributed by atoms with Gasteiger partial charge in [0.15, 0.2) is 0 Å². The van der Waals surface area contributed by atoms with Gasteiger partial charge in [0, 0.05) is 18.8 Å². The molecule has 0 radical (unpaired) electrons. The first-order chi connectivity index (χ1) is 9.64. The minimum atomic E-state index is -0.499. The van der Waals surface area contributed by atoms with Gasteiger partial charge in [-0.3, -0.25) is 4.79 Å². The molecule has 3 rings (SSSR count). The van der Waals surface area contributed by atoms with Crippen molar-refractivity contribution >= 4 is 17.7 Å². The van der Waals surface area contributed by atoms with Crippen molar-refractivity contribution in [2.24, 2.45) is 5.41 Å². The van der Waals surface area contributed by atoms with Gasteiger partial charge in [0.25, 0.3) is 0 Å². The van der Waals surface area contributed by atoms with Crippen LogP contribution in [0.1, 0.15) is 18.9 Å². The predicted molar refractivity (Wildman–Crippen MR) is 74.4 cm³/mol. The van der Waals surface area contributed by atoms with Crippen LogP contribution in [0, 0.1) is 5.41 Å². The third-order valence-electron chi connectivity index (χ3n) is 4.16. The normalized spacial score (nSPS) is 24.4. The topological polar surface area (TPSA) is 58.6 Å². The lowest BCUT2D eigenvalue weighted by molar-refractivity contribution is -0.125. The van der Waals surface area contributed by atoms with Crippen LogP contribution in [0.5, 0.6) is 0 Å². The van der Waals surface area contributed by atoms with E-state index >= 15 is 0 Å². The average Bonchev–Trinajstić information content (AvgIpc) is 2.86. The Bertz CT molecular complexity index is 558. The Hall–Kier alpha value is -2.04. The molecule has 0 bridgehead atoms. The van der Waals surface area contributed by atoms with Gasteiger partial charge in [0.2, 0.25) is 5.91 Å². The van der Waals surface area contributed by atoms with E-state index in [1.165, 1.54) is 0 Å². The highest BCUT2D eigenvalue weighted by Gasteiger charge is 2.48. The van der Waals surface area contributed by atoms with E-state index in [4.69, 9.17) is 4.74 Å². The Morgan fingerprint density at radius 2 is 2.25 bits per heavy atom. The molecule has 5 nitrogen and oxygen atoms in total. The lowest BCUT2D eigenvalue weighted by Crippen LogP contribution is -2.44. The molecular formula is C15H18N2O3. The number of para-hydroxylation sites is 1. The van der Waals surface area contributed by atoms with Crippen molar-refractivity contribution in [3.63, 3.8) is 0 Å². The highest BCUT2D eigenvalue weighted by molar-refractivity contribution is 5.99. The van der Waals surface area contributed by atoms with E-state index in [-0.39, 0.29) is 12.0 Å². The van der Waals surface area contributed by atoms with E-state index in [1.54, 1.807) is 11.8 Å². The van der Waals surface area contributed by atoms with Crippen molar-refractivity contribution in [1.82, 2.24) is 4.90 Å². The average molecular weight is 274 g/mol. The standard InChI is InChI=1S/C15H18N2O3/c1-2-20-14(19)17-8-7-15(10-17)9-11-5-3-4-6-12(11)16-13(15)18/h3-6H,2,7-10H2,1H3,(H,16,18)/t15-/m1/s1. The molecule has 2 heterocycles. The molecule has 5 heteroatoms. The fraction of sp³-hybridized carbons (Fsp3) is 0.467. The van der Waals surface area contributed by atoms with Gasteiger partial charge in [-0.15, -0.1) is 0 Å². The number of carbonyl (C=O) groups is 2. The summed E-state index contributed by atoms with van der Waals surface area (Å²) < 4.78 is 5.02. The van der Waals surface area contributed by atoms with E-state index in [2.05, 4.69) is 5.32 Å². The van der Waals surface area contributed by atoms with Crippen LogP contribution in [-0.2, 0) is 16.0 Å². The summed E-state index contributed by atoms with van der Waals surface area (Å²) in [6.07, 6.45) is 1.05. The molecule has 1 fully saturated rings. The molecule has 0 unspecified atom stereocenters. The molecule has 0 saturated carbocycles. The second-order valence-corrected chi connectivity index (χ2v) is 5.44. The molecule has 1 spiro atoms. The monoisotopic (exact) mass is 274 g/mol. The van der Waals surface area contributed by atoms with Crippen molar-refractivity contribution < 1.29 is 14.3 Å². The van der Waals surface area contributed by atoms with Gasteiger partial charge in [-0.25, -0.2) is 4.79 Å². The summed E-state index contributed by atoms with van der Waals surface area (Å²) in [6, 6.07) is 7.83. The first-order valence-corrected chi connectivity index (χ1v) is 6.96. The van der Waals surface area contributed by atoms with Crippen LogP contribution in [0.25, 0.3) is 0 Å². The van der Waals surface area contributed by atoms with Crippen LogP contribution in [0.2, 0.25) is 0 Å². The van der Waals surface area contributed by atoms with E-state index < -0.39 is 5.41 Å². The summed E-state index contributed by atoms with van der Waals surface area (Å²) in [5.41, 5.74) is 1.52. The second kappa shape index (κ2) is 4.81. The minimum absolute atomic E-state index is 0.0167. The van der Waals surface area contributed by atoms with E-state index in [0.29, 0.717) is 32.5 Å². The van der Waals surface area contributed by atoms with Gasteiger partial charge in [-0.2, -0.15) is 0 Å². The minimum Gasteiger partial charge on any atom is -0.450 e. The molecule has 1 aromatic carbocycles. The molecule has 1 aromatic rings. The number of fused-ring (bicyclic) bond motifs is 1. The number of benzene rings is 1. The number of carbonyl (C=O) groups excluding carboxylic acids is 2. The van der Waals surface area contributed by atoms with E-state index in [0.717, 1.165) is 11.3 Å². The summed E-state index contributed by atoms with van der Waals surface area (Å²) in [5, 5.41) is 2.97. The number of amides is 2. The van der Waals surface area contributed by atoms with Crippen molar-refractivity contribution in [1.29, 1.82) is 0 Å². The van der Waals surface area contributed by atoms with Gasteiger partial charge in [-0.05, 0) is 31.4 Å². The highest BCUT2D eigenvalue weighted by atomic mass is 16.6. The van der Waals surface area contributed by atoms with Crippen LogP contribution in [0.4, 0.5) is 10.5 Å². The van der Waals surface area contributed by atoms with Gasteiger partial charge in [-0.1, -0.05) is 18.2 Å². The van der Waals surface area contributed by atoms with Crippen LogP contribution in [-0.4, -0.2) is 36.6 Å². The predicted octanol–water partition coefficient (Wildman–Crippen LogP) is 2.03. The summed E-state index contributed by atoms with van der Waals surface area (Å²) in [4.78, 5) is 25.8. The first-order valence-electron chi connectivity index (χ1n) is 6.96. The number of likely N-dealkylation sites (tertiary alicyclic amines) is 1. The zero-order valence-electron chi connectivity index (χ0n) is 11.5. The zero-order valence-corrected chi connectivity index (χ0v) is 11.5. The zero-order chi connectivity index (χ0) is 14.2. The number of anilines is 1. The maximum absolute atomic E-state index is 12.4. The fourth-order valence-corrected chi connectivity index (χ4v) is 3.07. The number of hydrogen-bond acceptors (Lipinski definition) is 3. The third-order valence-corrected chi connectivity index (χ3v) is 4.16. The number of rotatable bonds is 1. The molecule has 20 heavy (non-hydrogen) atoms. The first kappa shape index (κ1) is 13.0. The summed E-state index contributed by atoms with van der Waals surface area (Å²) in [5.74, 6) is 0.0167. The number of nitrogens with one attached hydrogen (secondary N) is 1. The summed E-state index contributed by atoms with van der Waals surface area (Å²) >= 11 is 0. The highest BCUT2D eigenvalue weighted by Crippen LogP contribution is 2.40. The van der Waals surface area contributed by atoms with Crippen molar-refractivity contribution in [2.75, 3.05) is 25.0 Å². The lowest BCUT2D eigenvalue weighted by atomic mass is 9.77. The van der Waals surface area contributed by atoms with E-state index in [1.807, 2.05) is 24.3 Å². The molecule has 106 valence electrons. The van der Waals surface area contributed by atoms with Gasteiger partial charge in [0.1, 0.15) is 0 Å². The Morgan fingerprint density at radius 3 is 3.05 bits per heavy atom. The Labute approximate surface area is 117 Å². The Kier molecular flexibility index (Phi) is 3.12. The molecule has 0 aliphatic carbocycles. The molecule has 1 N–H and O–H groups in total. The van der Waals surface area contributed by atoms with Crippen LogP contribution >= 0.6 is 0 Å². The van der Waals surface area contributed by atoms with Gasteiger partial charge < -0.3 is 15.0 Å². The molecule has 0 aromatic heterocycles. The number of hydrogen-bond donors (Lipinski definition) is 1. The van der Waals surface area contributed by atoms with Crippen molar-refractivity contribution in [3.8, 4) is 0 Å². The lowest BCUT2D eigenvalue weighted by Gasteiger charge is -2.33. The van der Waals surface area contributed by atoms with Crippen LogP contribution < -0.4 is 5.32 Å². The maximum atomic E-state index is 12.4. The van der Waals surface area contributed by atoms with Crippen molar-refractivity contribution in [3.05, 3.63) is 29.8 Å². The fourth-order valence-electron chi connectivity index (χ4n) is 3.07. The van der Waals surface area contributed by atoms with Gasteiger partial charge >= 0.3 is 6.09 Å². The maximum Gasteiger partial charge on any atom is 0.409 e. The molecule has 1 atom stereocenters. The largest absolute Gasteiger partial charge is 0.450 e. The summed E-state index contributed by atoms with van der Waals surface area (Å²) in [7, 11) is 0. The van der Waals surface area contributed by atoms with Crippen LogP contribution in [0.3, 0.4) is 0 Å². The molecule has 2 amide bonds. The number of ether oxygens (including phenoxy) is 1. The quantitative estimate of drug-likeness (QED) is 0.852. The molecular weight excluding hydrogens is 256 g/mol. The van der Waals surface area contributed by atoms with Crippen LogP contribution in [0.15, 0.2) is 24.3 Å².